The number of guanidine groups is 1. The van der Waals surface area contributed by atoms with Crippen LogP contribution in [0.3, 0.4) is 0 Å². The maximum absolute atomic E-state index is 13.8. The number of hydrogen-bond acceptors (Lipinski definition) is 8. The molecule has 0 aromatic heterocycles. The highest BCUT2D eigenvalue weighted by Gasteiger charge is 2.55. The Labute approximate surface area is 261 Å². The minimum atomic E-state index is -4.46. The van der Waals surface area contributed by atoms with E-state index < -0.39 is 37.1 Å². The third-order valence-electron chi connectivity index (χ3n) is 11.4. The Morgan fingerprint density at radius 3 is 2.22 bits per heavy atom. The van der Waals surface area contributed by atoms with Crippen molar-refractivity contribution in [3.8, 4) is 0 Å². The van der Waals surface area contributed by atoms with E-state index in [-0.39, 0.29) is 60.9 Å². The summed E-state index contributed by atoms with van der Waals surface area (Å²) >= 11 is 0. The van der Waals surface area contributed by atoms with Crippen LogP contribution in [0, 0.1) is 29.1 Å². The van der Waals surface area contributed by atoms with Gasteiger partial charge in [0.2, 0.25) is 0 Å². The van der Waals surface area contributed by atoms with Gasteiger partial charge in [-0.1, -0.05) is 6.92 Å². The van der Waals surface area contributed by atoms with Gasteiger partial charge in [0.15, 0.2) is 5.96 Å². The topological polar surface area (TPSA) is 103 Å². The fourth-order valence-electron chi connectivity index (χ4n) is 8.91. The third-order valence-corrected chi connectivity index (χ3v) is 11.4. The minimum absolute atomic E-state index is 0.0170. The van der Waals surface area contributed by atoms with Crippen LogP contribution in [-0.2, 0) is 4.74 Å². The first kappa shape index (κ1) is 33.5. The van der Waals surface area contributed by atoms with Crippen LogP contribution in [0.5, 0.6) is 0 Å². The van der Waals surface area contributed by atoms with Gasteiger partial charge >= 0.3 is 12.4 Å². The van der Waals surface area contributed by atoms with Gasteiger partial charge in [-0.15, -0.1) is 0 Å². The van der Waals surface area contributed by atoms with Crippen molar-refractivity contribution in [2.75, 3.05) is 40.0 Å². The number of likely N-dealkylation sites (N-methyl/N-ethyl adjacent to an activating group) is 1. The molecule has 2 aliphatic carbocycles. The lowest BCUT2D eigenvalue weighted by Crippen LogP contribution is -2.73. The van der Waals surface area contributed by atoms with Gasteiger partial charge < -0.3 is 19.9 Å². The van der Waals surface area contributed by atoms with Crippen LogP contribution in [0.4, 0.5) is 26.3 Å². The highest BCUT2D eigenvalue weighted by molar-refractivity contribution is 5.81. The van der Waals surface area contributed by atoms with Crippen LogP contribution in [0.1, 0.15) is 52.4 Å². The predicted octanol–water partition coefficient (Wildman–Crippen LogP) is 2.21. The van der Waals surface area contributed by atoms with Crippen LogP contribution < -0.4 is 26.6 Å². The lowest BCUT2D eigenvalue weighted by Gasteiger charge is -2.49. The molecule has 10 nitrogen and oxygen atoms in total. The summed E-state index contributed by atoms with van der Waals surface area (Å²) in [5, 5.41) is 25.9. The zero-order valence-electron chi connectivity index (χ0n) is 26.2. The molecule has 0 spiro atoms. The summed E-state index contributed by atoms with van der Waals surface area (Å²) in [4.78, 5) is 4.89. The summed E-state index contributed by atoms with van der Waals surface area (Å²) in [5.74, 6) is 0.538. The van der Waals surface area contributed by atoms with E-state index in [0.29, 0.717) is 25.7 Å². The van der Waals surface area contributed by atoms with Crippen LogP contribution in [-0.4, -0.2) is 122 Å². The van der Waals surface area contributed by atoms with Crippen LogP contribution in [0.2, 0.25) is 0 Å². The molecule has 0 radical (unpaired) electrons. The molecule has 8 unspecified atom stereocenters. The van der Waals surface area contributed by atoms with E-state index in [2.05, 4.69) is 26.6 Å². The van der Waals surface area contributed by atoms with E-state index in [1.807, 2.05) is 23.6 Å². The first-order valence-corrected chi connectivity index (χ1v) is 16.6. The number of fused-ring (bicyclic) bond motifs is 1. The maximum atomic E-state index is 13.8. The van der Waals surface area contributed by atoms with Crippen molar-refractivity contribution in [3.05, 3.63) is 0 Å². The van der Waals surface area contributed by atoms with Gasteiger partial charge in [-0.05, 0) is 69.7 Å². The Bertz CT molecular complexity index is 1040. The lowest BCUT2D eigenvalue weighted by atomic mass is 9.77. The Balaban J connectivity index is 1.17. The first-order valence-electron chi connectivity index (χ1n) is 16.6. The lowest BCUT2D eigenvalue weighted by molar-refractivity contribution is -0.150. The Morgan fingerprint density at radius 1 is 0.933 bits per heavy atom. The molecule has 6 N–H and O–H groups in total. The number of halogens is 6. The van der Waals surface area contributed by atoms with E-state index in [1.54, 1.807) is 7.11 Å². The molecule has 9 atom stereocenters. The zero-order valence-corrected chi connectivity index (χ0v) is 26.2. The predicted molar refractivity (Wildman–Crippen MR) is 156 cm³/mol. The largest absolute Gasteiger partial charge is 0.406 e. The van der Waals surface area contributed by atoms with Crippen LogP contribution >= 0.6 is 0 Å². The quantitative estimate of drug-likeness (QED) is 0.220. The van der Waals surface area contributed by atoms with Crippen LogP contribution in [0.25, 0.3) is 0 Å². The van der Waals surface area contributed by atoms with E-state index in [0.717, 1.165) is 38.5 Å². The third kappa shape index (κ3) is 6.79. The Kier molecular flexibility index (Phi) is 9.58. The van der Waals surface area contributed by atoms with Crippen molar-refractivity contribution in [2.45, 2.75) is 114 Å². The Hall–Kier alpha value is -1.43. The van der Waals surface area contributed by atoms with E-state index >= 15 is 0 Å². The molecule has 2 saturated carbocycles. The molecule has 4 heterocycles. The van der Waals surface area contributed by atoms with Crippen molar-refractivity contribution in [3.63, 3.8) is 0 Å². The number of ether oxygens (including phenoxy) is 1. The van der Waals surface area contributed by atoms with Gasteiger partial charge in [0, 0.05) is 44.9 Å². The molecular formula is C29H49F6N9O. The molecule has 6 aliphatic rings. The van der Waals surface area contributed by atoms with Gasteiger partial charge in [-0.3, -0.25) is 31.6 Å². The number of nitrogens with one attached hydrogen (secondary N) is 6. The number of methoxy groups -OCH3 is 1. The molecule has 0 bridgehead atoms. The molecule has 6 fully saturated rings. The molecule has 258 valence electrons. The standard InChI is InChI=1S/C29H49F6N9O/c1-4-42-12-20(29(33,34)35)40-24(42)18-9-5-16(6-10-18)15(2)44-25-19(43(27(44)36)13-28(30,31)32)11-37-23(41-25)21-22(17-7-8-17)38-14-39-26(21)45-3/h15-26,36-41H,4-14H2,1-3H3/t15-,16?,18?,19?,20?,21?,22?,23?,24?,25?,26?/m1/s1. The number of alkyl halides is 6. The van der Waals surface area contributed by atoms with Crippen molar-refractivity contribution < 1.29 is 31.1 Å². The SMILES string of the molecule is CCN1CC(C(F)(F)F)NC1C1CCC([C@@H](C)N2C(=N)N(CC(F)(F)F)C3CNC(C4C(OC)NCNC4C4CC4)NC32)CC1. The number of nitrogens with zero attached hydrogens (tertiary/aromatic N) is 3. The van der Waals surface area contributed by atoms with Crippen molar-refractivity contribution in [2.24, 2.45) is 23.7 Å². The normalized spacial score (nSPS) is 41.0. The smallest absolute Gasteiger partial charge is 0.366 e. The summed E-state index contributed by atoms with van der Waals surface area (Å²) in [5.41, 5.74) is 0. The molecule has 45 heavy (non-hydrogen) atoms. The monoisotopic (exact) mass is 653 g/mol. The highest BCUT2D eigenvalue weighted by atomic mass is 19.4. The van der Waals surface area contributed by atoms with Crippen molar-refractivity contribution in [1.82, 2.24) is 41.3 Å². The van der Waals surface area contributed by atoms with Gasteiger partial charge in [0.1, 0.15) is 25.0 Å². The summed E-state index contributed by atoms with van der Waals surface area (Å²) < 4.78 is 87.6. The molecule has 0 amide bonds. The average Bonchev–Trinajstić information content (AvgIpc) is 3.69. The zero-order chi connectivity index (χ0) is 32.3. The second kappa shape index (κ2) is 12.9. The maximum Gasteiger partial charge on any atom is 0.406 e. The average molecular weight is 654 g/mol. The fourth-order valence-corrected chi connectivity index (χ4v) is 8.91. The first-order chi connectivity index (χ1) is 21.3. The van der Waals surface area contributed by atoms with E-state index in [4.69, 9.17) is 10.1 Å². The van der Waals surface area contributed by atoms with Gasteiger partial charge in [-0.2, -0.15) is 26.3 Å². The van der Waals surface area contributed by atoms with Crippen LogP contribution in [0.15, 0.2) is 0 Å². The second-order valence-corrected chi connectivity index (χ2v) is 13.9. The van der Waals surface area contributed by atoms with Gasteiger partial charge in [-0.25, -0.2) is 0 Å². The molecule has 6 rings (SSSR count). The fraction of sp³-hybridized carbons (Fsp3) is 0.966. The molecule has 0 aromatic carbocycles. The van der Waals surface area contributed by atoms with E-state index in [1.165, 1.54) is 4.90 Å². The molecular weight excluding hydrogens is 604 g/mol. The Morgan fingerprint density at radius 2 is 1.62 bits per heavy atom. The molecule has 0 aromatic rings. The van der Waals surface area contributed by atoms with Gasteiger partial charge in [0.25, 0.3) is 0 Å². The second-order valence-electron chi connectivity index (χ2n) is 13.9. The summed E-state index contributed by atoms with van der Waals surface area (Å²) in [7, 11) is 1.66. The number of hydrogen-bond donors (Lipinski definition) is 6. The molecule has 16 heteroatoms. The summed E-state index contributed by atoms with van der Waals surface area (Å²) in [6.45, 7) is 4.06. The van der Waals surface area contributed by atoms with Crippen molar-refractivity contribution >= 4 is 5.96 Å². The molecule has 4 aliphatic heterocycles. The van der Waals surface area contributed by atoms with Crippen molar-refractivity contribution in [1.29, 1.82) is 5.41 Å². The summed E-state index contributed by atoms with van der Waals surface area (Å²) in [6.07, 6.45) is -4.90. The highest BCUT2D eigenvalue weighted by Crippen LogP contribution is 2.42. The summed E-state index contributed by atoms with van der Waals surface area (Å²) in [6, 6.07) is -2.15. The number of rotatable bonds is 8. The van der Waals surface area contributed by atoms with E-state index in [9.17, 15) is 26.3 Å². The minimum Gasteiger partial charge on any atom is -0.366 e. The molecule has 4 saturated heterocycles. The van der Waals surface area contributed by atoms with Gasteiger partial charge in [0.05, 0.1) is 18.4 Å².